The molecule has 0 unspecified atom stereocenters. The topological polar surface area (TPSA) is 52.6 Å². The lowest BCUT2D eigenvalue weighted by molar-refractivity contribution is -0.116. The second-order valence-corrected chi connectivity index (χ2v) is 7.54. The molecule has 0 saturated carbocycles. The zero-order chi connectivity index (χ0) is 20.8. The normalized spacial score (nSPS) is 14.2. The van der Waals surface area contributed by atoms with E-state index in [2.05, 4.69) is 28.4 Å². The van der Waals surface area contributed by atoms with Crippen molar-refractivity contribution < 1.29 is 9.90 Å². The number of phenolic OH excluding ortho intramolecular Hbond substituents is 1. The highest BCUT2D eigenvalue weighted by Gasteiger charge is 2.15. The highest BCUT2D eigenvalue weighted by molar-refractivity contribution is 5.95. The monoisotopic (exact) mass is 398 g/mol. The average molecular weight is 399 g/mol. The van der Waals surface area contributed by atoms with E-state index in [1.54, 1.807) is 12.1 Å². The molecule has 4 rings (SSSR count). The third kappa shape index (κ3) is 4.97. The van der Waals surface area contributed by atoms with Crippen molar-refractivity contribution in [1.82, 2.24) is 4.90 Å². The molecule has 1 aliphatic rings. The molecule has 30 heavy (non-hydrogen) atoms. The maximum atomic E-state index is 12.6. The summed E-state index contributed by atoms with van der Waals surface area (Å²) in [5.41, 5.74) is 5.43. The van der Waals surface area contributed by atoms with Crippen LogP contribution in [0.3, 0.4) is 0 Å². The van der Waals surface area contributed by atoms with E-state index in [1.807, 2.05) is 54.6 Å². The van der Waals surface area contributed by atoms with Crippen LogP contribution in [0.4, 0.5) is 5.69 Å². The molecule has 0 radical (unpaired) electrons. The molecule has 0 aliphatic carbocycles. The Kier molecular flexibility index (Phi) is 6.26. The number of carbonyl (C=O) groups excluding carboxylic acids is 1. The first kappa shape index (κ1) is 19.9. The number of phenols is 1. The number of anilines is 1. The Morgan fingerprint density at radius 1 is 0.900 bits per heavy atom. The van der Waals surface area contributed by atoms with Gasteiger partial charge in [-0.2, -0.15) is 0 Å². The minimum absolute atomic E-state index is 0.0340. The minimum atomic E-state index is 0.0340. The zero-order valence-corrected chi connectivity index (χ0v) is 16.9. The number of aromatic hydroxyl groups is 1. The fourth-order valence-electron chi connectivity index (χ4n) is 3.79. The number of carbonyl (C=O) groups is 1. The van der Waals surface area contributed by atoms with Gasteiger partial charge in [0.15, 0.2) is 0 Å². The molecule has 0 bridgehead atoms. The Hall–Kier alpha value is -3.37. The fraction of sp³-hybridized carbons (Fsp3) is 0.192. The van der Waals surface area contributed by atoms with Crippen molar-refractivity contribution >= 4 is 17.2 Å². The van der Waals surface area contributed by atoms with E-state index in [9.17, 15) is 9.90 Å². The summed E-state index contributed by atoms with van der Waals surface area (Å²) in [4.78, 5) is 14.9. The van der Waals surface area contributed by atoms with Crippen molar-refractivity contribution in [3.8, 4) is 16.9 Å². The standard InChI is InChI=1S/C26H26N2O2/c29-23-12-10-20(11-13-23)21-14-17-28(18-15-21)19-16-26(30)27-25-9-5-4-8-24(25)22-6-2-1-3-7-22/h1-14,29H,15-19H2,(H,27,30). The van der Waals surface area contributed by atoms with E-state index in [-0.39, 0.29) is 11.7 Å². The van der Waals surface area contributed by atoms with Crippen LogP contribution in [0.2, 0.25) is 0 Å². The van der Waals surface area contributed by atoms with Gasteiger partial charge in [-0.25, -0.2) is 0 Å². The smallest absolute Gasteiger partial charge is 0.225 e. The average Bonchev–Trinajstić information content (AvgIpc) is 2.80. The lowest BCUT2D eigenvalue weighted by Gasteiger charge is -2.26. The van der Waals surface area contributed by atoms with Gasteiger partial charge in [0.05, 0.1) is 0 Å². The largest absolute Gasteiger partial charge is 0.508 e. The summed E-state index contributed by atoms with van der Waals surface area (Å²) in [5, 5.41) is 12.5. The van der Waals surface area contributed by atoms with E-state index < -0.39 is 0 Å². The van der Waals surface area contributed by atoms with Crippen LogP contribution < -0.4 is 5.32 Å². The van der Waals surface area contributed by atoms with E-state index in [0.29, 0.717) is 6.42 Å². The summed E-state index contributed by atoms with van der Waals surface area (Å²) < 4.78 is 0. The molecule has 1 aliphatic heterocycles. The third-order valence-electron chi connectivity index (χ3n) is 5.47. The predicted octanol–water partition coefficient (Wildman–Crippen LogP) is 5.18. The van der Waals surface area contributed by atoms with Crippen LogP contribution in [-0.2, 0) is 4.79 Å². The number of nitrogens with zero attached hydrogens (tertiary/aromatic N) is 1. The van der Waals surface area contributed by atoms with Crippen LogP contribution in [0.15, 0.2) is 84.9 Å². The molecule has 1 amide bonds. The molecule has 4 nitrogen and oxygen atoms in total. The van der Waals surface area contributed by atoms with Crippen LogP contribution in [0.25, 0.3) is 16.7 Å². The third-order valence-corrected chi connectivity index (χ3v) is 5.47. The van der Waals surface area contributed by atoms with Gasteiger partial charge >= 0.3 is 0 Å². The predicted molar refractivity (Wildman–Crippen MR) is 122 cm³/mol. The fourth-order valence-corrected chi connectivity index (χ4v) is 3.79. The van der Waals surface area contributed by atoms with E-state index in [0.717, 1.165) is 48.4 Å². The van der Waals surface area contributed by atoms with Crippen molar-refractivity contribution in [2.75, 3.05) is 25.0 Å². The summed E-state index contributed by atoms with van der Waals surface area (Å²) in [6, 6.07) is 25.4. The molecule has 0 saturated heterocycles. The number of hydrogen-bond donors (Lipinski definition) is 2. The van der Waals surface area contributed by atoms with Gasteiger partial charge in [-0.1, -0.05) is 66.7 Å². The number of nitrogens with one attached hydrogen (secondary N) is 1. The van der Waals surface area contributed by atoms with Crippen molar-refractivity contribution in [1.29, 1.82) is 0 Å². The first-order valence-corrected chi connectivity index (χ1v) is 10.3. The Labute approximate surface area is 177 Å². The highest BCUT2D eigenvalue weighted by Crippen LogP contribution is 2.28. The van der Waals surface area contributed by atoms with Gasteiger partial charge < -0.3 is 10.4 Å². The van der Waals surface area contributed by atoms with E-state index >= 15 is 0 Å². The molecular weight excluding hydrogens is 372 g/mol. The van der Waals surface area contributed by atoms with Crippen molar-refractivity contribution in [3.63, 3.8) is 0 Å². The van der Waals surface area contributed by atoms with Crippen LogP contribution in [-0.4, -0.2) is 35.5 Å². The first-order chi connectivity index (χ1) is 14.7. The van der Waals surface area contributed by atoms with Gasteiger partial charge in [0.2, 0.25) is 5.91 Å². The van der Waals surface area contributed by atoms with E-state index in [4.69, 9.17) is 0 Å². The Bertz CT molecular complexity index is 1030. The number of rotatable bonds is 6. The van der Waals surface area contributed by atoms with Crippen LogP contribution in [0.1, 0.15) is 18.4 Å². The first-order valence-electron chi connectivity index (χ1n) is 10.3. The molecule has 0 atom stereocenters. The van der Waals surface area contributed by atoms with Gasteiger partial charge in [-0.15, -0.1) is 0 Å². The summed E-state index contributed by atoms with van der Waals surface area (Å²) in [6.45, 7) is 2.50. The molecule has 0 spiro atoms. The van der Waals surface area contributed by atoms with Gasteiger partial charge in [0.25, 0.3) is 0 Å². The summed E-state index contributed by atoms with van der Waals surface area (Å²) >= 11 is 0. The van der Waals surface area contributed by atoms with E-state index in [1.165, 1.54) is 5.57 Å². The van der Waals surface area contributed by atoms with Gasteiger partial charge in [0.1, 0.15) is 5.75 Å². The molecule has 1 heterocycles. The molecule has 0 aromatic heterocycles. The maximum Gasteiger partial charge on any atom is 0.225 e. The van der Waals surface area contributed by atoms with Crippen molar-refractivity contribution in [3.05, 3.63) is 90.5 Å². The molecule has 3 aromatic carbocycles. The van der Waals surface area contributed by atoms with Crippen molar-refractivity contribution in [2.45, 2.75) is 12.8 Å². The summed E-state index contributed by atoms with van der Waals surface area (Å²) in [6.07, 6.45) is 3.63. The SMILES string of the molecule is O=C(CCN1CC=C(c2ccc(O)cc2)CC1)Nc1ccccc1-c1ccccc1. The molecule has 152 valence electrons. The number of benzene rings is 3. The summed E-state index contributed by atoms with van der Waals surface area (Å²) in [5.74, 6) is 0.323. The minimum Gasteiger partial charge on any atom is -0.508 e. The molecular formula is C26H26N2O2. The maximum absolute atomic E-state index is 12.6. The lowest BCUT2D eigenvalue weighted by Crippen LogP contribution is -2.31. The van der Waals surface area contributed by atoms with Crippen LogP contribution in [0, 0.1) is 0 Å². The van der Waals surface area contributed by atoms with Gasteiger partial charge in [-0.05, 0) is 41.3 Å². The van der Waals surface area contributed by atoms with Crippen LogP contribution >= 0.6 is 0 Å². The molecule has 3 aromatic rings. The second kappa shape index (κ2) is 9.42. The Morgan fingerprint density at radius 3 is 2.37 bits per heavy atom. The quantitative estimate of drug-likeness (QED) is 0.602. The molecule has 2 N–H and O–H groups in total. The van der Waals surface area contributed by atoms with Gasteiger partial charge in [0, 0.05) is 37.3 Å². The van der Waals surface area contributed by atoms with Crippen LogP contribution in [0.5, 0.6) is 5.75 Å². The second-order valence-electron chi connectivity index (χ2n) is 7.54. The highest BCUT2D eigenvalue weighted by atomic mass is 16.3. The number of hydrogen-bond acceptors (Lipinski definition) is 3. The Morgan fingerprint density at radius 2 is 1.63 bits per heavy atom. The lowest BCUT2D eigenvalue weighted by atomic mass is 9.99. The van der Waals surface area contributed by atoms with Crippen molar-refractivity contribution in [2.24, 2.45) is 0 Å². The van der Waals surface area contributed by atoms with Gasteiger partial charge in [-0.3, -0.25) is 9.69 Å². The number of para-hydroxylation sites is 1. The zero-order valence-electron chi connectivity index (χ0n) is 16.9. The molecule has 0 fully saturated rings. The number of amides is 1. The Balaban J connectivity index is 1.32. The molecule has 4 heteroatoms. The summed E-state index contributed by atoms with van der Waals surface area (Å²) in [7, 11) is 0.